The first-order valence-electron chi connectivity index (χ1n) is 6.00. The maximum Gasteiger partial charge on any atom is 0.0974 e. The molecule has 0 aliphatic carbocycles. The third-order valence-electron chi connectivity index (χ3n) is 2.62. The van der Waals surface area contributed by atoms with Gasteiger partial charge in [0.25, 0.3) is 0 Å². The van der Waals surface area contributed by atoms with Crippen molar-refractivity contribution in [3.8, 4) is 0 Å². The fourth-order valence-corrected chi connectivity index (χ4v) is 2.59. The minimum Gasteiger partial charge on any atom is -0.304 e. The van der Waals surface area contributed by atoms with Gasteiger partial charge in [0, 0.05) is 6.54 Å². The van der Waals surface area contributed by atoms with E-state index in [1.54, 1.807) is 12.4 Å². The molecule has 0 bridgehead atoms. The molecule has 2 rings (SSSR count). The molecule has 0 amide bonds. The van der Waals surface area contributed by atoms with Crippen LogP contribution in [0.2, 0.25) is 5.02 Å². The highest BCUT2D eigenvalue weighted by molar-refractivity contribution is 6.99. The lowest BCUT2D eigenvalue weighted by Crippen LogP contribution is -2.25. The molecule has 0 radical (unpaired) electrons. The lowest BCUT2D eigenvalue weighted by Gasteiger charge is -2.17. The van der Waals surface area contributed by atoms with E-state index in [9.17, 15) is 0 Å². The van der Waals surface area contributed by atoms with Crippen molar-refractivity contribution in [1.29, 1.82) is 0 Å². The number of halogens is 1. The Kier molecular flexibility index (Phi) is 4.68. The summed E-state index contributed by atoms with van der Waals surface area (Å²) in [4.78, 5) is 0. The minimum absolute atomic E-state index is 0.0460. The third-order valence-corrected chi connectivity index (χ3v) is 3.41. The van der Waals surface area contributed by atoms with Crippen molar-refractivity contribution in [2.45, 2.75) is 32.9 Å². The normalized spacial score (nSPS) is 12.8. The van der Waals surface area contributed by atoms with Crippen molar-refractivity contribution in [3.63, 3.8) is 0 Å². The Hall–Kier alpha value is -0.980. The molecule has 18 heavy (non-hydrogen) atoms. The Morgan fingerprint density at radius 2 is 2.28 bits per heavy atom. The van der Waals surface area contributed by atoms with E-state index in [0.29, 0.717) is 5.02 Å². The largest absolute Gasteiger partial charge is 0.304 e. The molecule has 0 aromatic carbocycles. The van der Waals surface area contributed by atoms with Crippen LogP contribution >= 0.6 is 23.3 Å². The Morgan fingerprint density at radius 1 is 1.44 bits per heavy atom. The van der Waals surface area contributed by atoms with Gasteiger partial charge < -0.3 is 5.32 Å². The van der Waals surface area contributed by atoms with Crippen LogP contribution in [0, 0.1) is 0 Å². The number of nitrogens with one attached hydrogen (secondary N) is 1. The SMILES string of the molecule is CCCn1ncc(Cl)c1C(NCC)c1cnsn1. The maximum atomic E-state index is 6.26. The van der Waals surface area contributed by atoms with E-state index in [-0.39, 0.29) is 6.04 Å². The second kappa shape index (κ2) is 6.26. The van der Waals surface area contributed by atoms with Crippen LogP contribution in [0.15, 0.2) is 12.4 Å². The number of nitrogens with zero attached hydrogens (tertiary/aromatic N) is 4. The Morgan fingerprint density at radius 3 is 2.89 bits per heavy atom. The van der Waals surface area contributed by atoms with Crippen LogP contribution in [0.5, 0.6) is 0 Å². The van der Waals surface area contributed by atoms with Gasteiger partial charge in [-0.1, -0.05) is 25.4 Å². The summed E-state index contributed by atoms with van der Waals surface area (Å²) in [6, 6.07) is -0.0460. The van der Waals surface area contributed by atoms with Crippen molar-refractivity contribution in [2.24, 2.45) is 0 Å². The van der Waals surface area contributed by atoms with Crippen molar-refractivity contribution in [3.05, 3.63) is 28.8 Å². The Labute approximate surface area is 116 Å². The topological polar surface area (TPSA) is 55.6 Å². The van der Waals surface area contributed by atoms with Crippen LogP contribution in [-0.2, 0) is 6.54 Å². The first kappa shape index (κ1) is 13.5. The highest BCUT2D eigenvalue weighted by Crippen LogP contribution is 2.27. The first-order valence-corrected chi connectivity index (χ1v) is 7.10. The third kappa shape index (κ3) is 2.71. The lowest BCUT2D eigenvalue weighted by molar-refractivity contribution is 0.516. The van der Waals surface area contributed by atoms with E-state index in [1.165, 1.54) is 11.7 Å². The molecule has 1 unspecified atom stereocenters. The summed E-state index contributed by atoms with van der Waals surface area (Å²) < 4.78 is 10.3. The molecular weight excluding hydrogens is 270 g/mol. The highest BCUT2D eigenvalue weighted by Gasteiger charge is 2.23. The zero-order valence-corrected chi connectivity index (χ0v) is 12.0. The van der Waals surface area contributed by atoms with Gasteiger partial charge in [0.05, 0.1) is 46.6 Å². The quantitative estimate of drug-likeness (QED) is 0.886. The van der Waals surface area contributed by atoms with Gasteiger partial charge in [-0.25, -0.2) is 0 Å². The summed E-state index contributed by atoms with van der Waals surface area (Å²) in [5.74, 6) is 0. The van der Waals surface area contributed by atoms with Gasteiger partial charge in [-0.05, 0) is 13.0 Å². The predicted molar refractivity (Wildman–Crippen MR) is 73.0 cm³/mol. The van der Waals surface area contributed by atoms with Crippen LogP contribution in [0.4, 0.5) is 0 Å². The molecule has 0 aliphatic rings. The second-order valence-corrected chi connectivity index (χ2v) is 4.89. The van der Waals surface area contributed by atoms with Crippen LogP contribution in [-0.4, -0.2) is 25.1 Å². The highest BCUT2D eigenvalue weighted by atomic mass is 35.5. The van der Waals surface area contributed by atoms with E-state index >= 15 is 0 Å². The van der Waals surface area contributed by atoms with E-state index in [4.69, 9.17) is 11.6 Å². The number of aromatic nitrogens is 4. The summed E-state index contributed by atoms with van der Waals surface area (Å²) >= 11 is 7.46. The molecule has 0 aliphatic heterocycles. The van der Waals surface area contributed by atoms with E-state index < -0.39 is 0 Å². The Bertz CT molecular complexity index is 482. The van der Waals surface area contributed by atoms with Gasteiger partial charge >= 0.3 is 0 Å². The molecule has 2 aromatic heterocycles. The molecule has 0 saturated carbocycles. The van der Waals surface area contributed by atoms with E-state index in [1.807, 2.05) is 4.68 Å². The molecular formula is C11H16ClN5S. The molecule has 0 spiro atoms. The van der Waals surface area contributed by atoms with Gasteiger partial charge in [0.15, 0.2) is 0 Å². The summed E-state index contributed by atoms with van der Waals surface area (Å²) in [6.45, 7) is 5.85. The fourth-order valence-electron chi connectivity index (χ4n) is 1.89. The standard InChI is InChI=1S/C11H16ClN5S/c1-3-5-17-11(8(12)6-14-17)10(13-4-2)9-7-15-18-16-9/h6-7,10,13H,3-5H2,1-2H3. The lowest BCUT2D eigenvalue weighted by atomic mass is 10.1. The molecule has 0 fully saturated rings. The molecule has 2 aromatic rings. The van der Waals surface area contributed by atoms with Crippen LogP contribution in [0.3, 0.4) is 0 Å². The van der Waals surface area contributed by atoms with Gasteiger partial charge in [-0.2, -0.15) is 13.8 Å². The van der Waals surface area contributed by atoms with Crippen molar-refractivity contribution >= 4 is 23.3 Å². The minimum atomic E-state index is -0.0460. The average Bonchev–Trinajstić information content (AvgIpc) is 2.98. The van der Waals surface area contributed by atoms with Crippen molar-refractivity contribution < 1.29 is 0 Å². The smallest absolute Gasteiger partial charge is 0.0974 e. The number of hydrogen-bond acceptors (Lipinski definition) is 5. The maximum absolute atomic E-state index is 6.26. The van der Waals surface area contributed by atoms with E-state index in [0.717, 1.165) is 30.9 Å². The predicted octanol–water partition coefficient (Wildman–Crippen LogP) is 2.50. The molecule has 2 heterocycles. The average molecular weight is 286 g/mol. The van der Waals surface area contributed by atoms with Gasteiger partial charge in [0.2, 0.25) is 0 Å². The van der Waals surface area contributed by atoms with Crippen LogP contribution < -0.4 is 5.32 Å². The first-order chi connectivity index (χ1) is 8.77. The summed E-state index contributed by atoms with van der Waals surface area (Å²) in [6.07, 6.45) is 4.48. The number of hydrogen-bond donors (Lipinski definition) is 1. The second-order valence-electron chi connectivity index (χ2n) is 3.92. The zero-order chi connectivity index (χ0) is 13.0. The summed E-state index contributed by atoms with van der Waals surface area (Å²) in [5, 5.41) is 8.37. The monoisotopic (exact) mass is 285 g/mol. The van der Waals surface area contributed by atoms with Crippen molar-refractivity contribution in [2.75, 3.05) is 6.54 Å². The van der Waals surface area contributed by atoms with Gasteiger partial charge in [0.1, 0.15) is 0 Å². The molecule has 7 heteroatoms. The number of rotatable bonds is 6. The fraction of sp³-hybridized carbons (Fsp3) is 0.545. The molecule has 0 saturated heterocycles. The summed E-state index contributed by atoms with van der Waals surface area (Å²) in [7, 11) is 0. The molecule has 98 valence electrons. The van der Waals surface area contributed by atoms with Crippen molar-refractivity contribution in [1.82, 2.24) is 23.8 Å². The molecule has 1 atom stereocenters. The van der Waals surface area contributed by atoms with Gasteiger partial charge in [-0.3, -0.25) is 4.68 Å². The van der Waals surface area contributed by atoms with Crippen LogP contribution in [0.1, 0.15) is 37.7 Å². The van der Waals surface area contributed by atoms with E-state index in [2.05, 4.69) is 33.0 Å². The molecule has 1 N–H and O–H groups in total. The Balaban J connectivity index is 2.39. The van der Waals surface area contributed by atoms with Crippen LogP contribution in [0.25, 0.3) is 0 Å². The molecule has 5 nitrogen and oxygen atoms in total. The van der Waals surface area contributed by atoms with Gasteiger partial charge in [-0.15, -0.1) is 0 Å². The number of aryl methyl sites for hydroxylation is 1. The summed E-state index contributed by atoms with van der Waals surface area (Å²) in [5.41, 5.74) is 1.86. The zero-order valence-electron chi connectivity index (χ0n) is 10.4.